The van der Waals surface area contributed by atoms with E-state index in [2.05, 4.69) is 0 Å². The third kappa shape index (κ3) is 1.39. The van der Waals surface area contributed by atoms with Crippen molar-refractivity contribution in [1.82, 2.24) is 4.57 Å². The molecule has 0 aliphatic heterocycles. The molecule has 4 heteroatoms. The van der Waals surface area contributed by atoms with Gasteiger partial charge in [-0.05, 0) is 25.1 Å². The van der Waals surface area contributed by atoms with E-state index in [9.17, 15) is 4.79 Å². The first-order valence-corrected chi connectivity index (χ1v) is 4.88. The van der Waals surface area contributed by atoms with Crippen molar-refractivity contribution in [3.05, 3.63) is 34.5 Å². The number of aryl methyl sites for hydroxylation is 1. The minimum atomic E-state index is -0.916. The van der Waals surface area contributed by atoms with E-state index in [4.69, 9.17) is 16.7 Å². The summed E-state index contributed by atoms with van der Waals surface area (Å²) in [5.41, 5.74) is 1.95. The Morgan fingerprint density at radius 3 is 2.73 bits per heavy atom. The first kappa shape index (κ1) is 10.1. The van der Waals surface area contributed by atoms with E-state index in [1.165, 1.54) is 0 Å². The quantitative estimate of drug-likeness (QED) is 0.808. The summed E-state index contributed by atoms with van der Waals surface area (Å²) in [5, 5.41) is 10.4. The second kappa shape index (κ2) is 3.28. The van der Waals surface area contributed by atoms with Gasteiger partial charge in [0.1, 0.15) is 0 Å². The number of aromatic carboxylic acids is 1. The van der Waals surface area contributed by atoms with Crippen molar-refractivity contribution in [2.24, 2.45) is 7.05 Å². The van der Waals surface area contributed by atoms with Crippen molar-refractivity contribution in [3.8, 4) is 0 Å². The maximum Gasteiger partial charge on any atom is 0.338 e. The molecule has 0 aliphatic rings. The highest BCUT2D eigenvalue weighted by Crippen LogP contribution is 2.27. The fraction of sp³-hybridized carbons (Fsp3) is 0.182. The summed E-state index contributed by atoms with van der Waals surface area (Å²) < 4.78 is 1.86. The smallest absolute Gasteiger partial charge is 0.338 e. The largest absolute Gasteiger partial charge is 0.478 e. The molecule has 0 amide bonds. The van der Waals surface area contributed by atoms with Gasteiger partial charge in [0.25, 0.3) is 0 Å². The second-order valence-electron chi connectivity index (χ2n) is 3.49. The van der Waals surface area contributed by atoms with Crippen molar-refractivity contribution in [2.45, 2.75) is 6.92 Å². The van der Waals surface area contributed by atoms with Crippen molar-refractivity contribution < 1.29 is 9.90 Å². The molecule has 3 nitrogen and oxygen atoms in total. The van der Waals surface area contributed by atoms with E-state index >= 15 is 0 Å². The second-order valence-corrected chi connectivity index (χ2v) is 3.92. The third-order valence-corrected chi connectivity index (χ3v) is 2.90. The normalized spacial score (nSPS) is 10.9. The highest BCUT2D eigenvalue weighted by atomic mass is 35.5. The van der Waals surface area contributed by atoms with Gasteiger partial charge in [-0.15, -0.1) is 0 Å². The van der Waals surface area contributed by atoms with Crippen molar-refractivity contribution in [2.75, 3.05) is 0 Å². The molecule has 0 radical (unpaired) electrons. The van der Waals surface area contributed by atoms with Gasteiger partial charge in [-0.2, -0.15) is 0 Å². The molecular weight excluding hydrogens is 214 g/mol. The van der Waals surface area contributed by atoms with E-state index in [1.807, 2.05) is 17.7 Å². The predicted octanol–water partition coefficient (Wildman–Crippen LogP) is 2.84. The van der Waals surface area contributed by atoms with Crippen LogP contribution in [-0.2, 0) is 7.05 Å². The van der Waals surface area contributed by atoms with Gasteiger partial charge < -0.3 is 9.67 Å². The van der Waals surface area contributed by atoms with Gasteiger partial charge in [-0.25, -0.2) is 4.79 Å². The molecule has 0 atom stereocenters. The van der Waals surface area contributed by atoms with Crippen molar-refractivity contribution >= 4 is 28.5 Å². The number of halogens is 1. The zero-order chi connectivity index (χ0) is 11.2. The standard InChI is InChI=1S/C11H10ClNO2/c1-6-10(11(14)15)8-5-7(12)3-4-9(8)13(6)2/h3-5H,1-2H3,(H,14,15). The number of hydrogen-bond donors (Lipinski definition) is 1. The van der Waals surface area contributed by atoms with Gasteiger partial charge in [0.15, 0.2) is 0 Å². The molecule has 2 aromatic rings. The molecular formula is C11H10ClNO2. The number of benzene rings is 1. The van der Waals surface area contributed by atoms with Crippen LogP contribution in [0.3, 0.4) is 0 Å². The molecule has 1 heterocycles. The van der Waals surface area contributed by atoms with E-state index < -0.39 is 5.97 Å². The minimum absolute atomic E-state index is 0.329. The highest BCUT2D eigenvalue weighted by Gasteiger charge is 2.17. The number of nitrogens with zero attached hydrogens (tertiary/aromatic N) is 1. The lowest BCUT2D eigenvalue weighted by Crippen LogP contribution is -1.99. The minimum Gasteiger partial charge on any atom is -0.478 e. The first-order chi connectivity index (χ1) is 7.02. The maximum absolute atomic E-state index is 11.1. The van der Waals surface area contributed by atoms with Gasteiger partial charge in [-0.1, -0.05) is 11.6 Å². The highest BCUT2D eigenvalue weighted by molar-refractivity contribution is 6.31. The van der Waals surface area contributed by atoms with Crippen LogP contribution in [-0.4, -0.2) is 15.6 Å². The monoisotopic (exact) mass is 223 g/mol. The Labute approximate surface area is 91.9 Å². The molecule has 1 aromatic heterocycles. The van der Waals surface area contributed by atoms with Gasteiger partial charge in [0.05, 0.1) is 5.56 Å². The molecule has 1 aromatic carbocycles. The molecule has 15 heavy (non-hydrogen) atoms. The number of hydrogen-bond acceptors (Lipinski definition) is 1. The first-order valence-electron chi connectivity index (χ1n) is 4.50. The van der Waals surface area contributed by atoms with Crippen LogP contribution in [0.4, 0.5) is 0 Å². The Morgan fingerprint density at radius 1 is 1.47 bits per heavy atom. The van der Waals surface area contributed by atoms with Gasteiger partial charge in [-0.3, -0.25) is 0 Å². The molecule has 0 spiro atoms. The number of carboxylic acid groups (broad SMARTS) is 1. The summed E-state index contributed by atoms with van der Waals surface area (Å²) in [4.78, 5) is 11.1. The average Bonchev–Trinajstić information content (AvgIpc) is 2.39. The summed E-state index contributed by atoms with van der Waals surface area (Å²) in [6.45, 7) is 1.79. The molecule has 0 unspecified atom stereocenters. The van der Waals surface area contributed by atoms with E-state index in [0.717, 1.165) is 11.2 Å². The van der Waals surface area contributed by atoms with E-state index in [0.29, 0.717) is 16.0 Å². The molecule has 1 N–H and O–H groups in total. The SMILES string of the molecule is Cc1c(C(=O)O)c2cc(Cl)ccc2n1C. The summed E-state index contributed by atoms with van der Waals surface area (Å²) in [7, 11) is 1.85. The molecule has 0 aliphatic carbocycles. The molecule has 0 saturated carbocycles. The fourth-order valence-corrected chi connectivity index (χ4v) is 1.99. The van der Waals surface area contributed by atoms with Gasteiger partial charge in [0, 0.05) is 28.7 Å². The summed E-state index contributed by atoms with van der Waals surface area (Å²) in [6, 6.07) is 5.28. The summed E-state index contributed by atoms with van der Waals surface area (Å²) in [6.07, 6.45) is 0. The number of rotatable bonds is 1. The van der Waals surface area contributed by atoms with E-state index in [-0.39, 0.29) is 0 Å². The van der Waals surface area contributed by atoms with Gasteiger partial charge in [0.2, 0.25) is 0 Å². The van der Waals surface area contributed by atoms with Crippen LogP contribution in [0, 0.1) is 6.92 Å². The number of aromatic nitrogens is 1. The number of fused-ring (bicyclic) bond motifs is 1. The molecule has 0 saturated heterocycles. The lowest BCUT2D eigenvalue weighted by atomic mass is 10.1. The lowest BCUT2D eigenvalue weighted by molar-refractivity contribution is 0.0698. The van der Waals surface area contributed by atoms with Crippen LogP contribution >= 0.6 is 11.6 Å². The summed E-state index contributed by atoms with van der Waals surface area (Å²) >= 11 is 5.85. The third-order valence-electron chi connectivity index (χ3n) is 2.67. The number of carbonyl (C=O) groups is 1. The lowest BCUT2D eigenvalue weighted by Gasteiger charge is -1.97. The molecule has 0 fully saturated rings. The van der Waals surface area contributed by atoms with Gasteiger partial charge >= 0.3 is 5.97 Å². The predicted molar refractivity (Wildman–Crippen MR) is 59.6 cm³/mol. The Hall–Kier alpha value is -1.48. The fourth-order valence-electron chi connectivity index (χ4n) is 1.81. The number of carboxylic acids is 1. The van der Waals surface area contributed by atoms with Crippen LogP contribution in [0.15, 0.2) is 18.2 Å². The molecule has 78 valence electrons. The van der Waals surface area contributed by atoms with Crippen LogP contribution in [0.25, 0.3) is 10.9 Å². The average molecular weight is 224 g/mol. The topological polar surface area (TPSA) is 42.2 Å². The van der Waals surface area contributed by atoms with Crippen LogP contribution < -0.4 is 0 Å². The molecule has 0 bridgehead atoms. The Balaban J connectivity index is 2.95. The Kier molecular flexibility index (Phi) is 2.20. The maximum atomic E-state index is 11.1. The van der Waals surface area contributed by atoms with Crippen LogP contribution in [0.1, 0.15) is 16.1 Å². The Bertz CT molecular complexity index is 557. The summed E-state index contributed by atoms with van der Waals surface area (Å²) in [5.74, 6) is -0.916. The van der Waals surface area contributed by atoms with Crippen LogP contribution in [0.2, 0.25) is 5.02 Å². The van der Waals surface area contributed by atoms with Crippen molar-refractivity contribution in [1.29, 1.82) is 0 Å². The zero-order valence-electron chi connectivity index (χ0n) is 8.41. The van der Waals surface area contributed by atoms with E-state index in [1.54, 1.807) is 19.1 Å². The Morgan fingerprint density at radius 2 is 2.13 bits per heavy atom. The van der Waals surface area contributed by atoms with Crippen LogP contribution in [0.5, 0.6) is 0 Å². The zero-order valence-corrected chi connectivity index (χ0v) is 9.17. The van der Waals surface area contributed by atoms with Crippen molar-refractivity contribution in [3.63, 3.8) is 0 Å². The molecule has 2 rings (SSSR count).